The first-order valence-corrected chi connectivity index (χ1v) is 10.0. The molecule has 0 fully saturated rings. The predicted molar refractivity (Wildman–Crippen MR) is 115 cm³/mol. The lowest BCUT2D eigenvalue weighted by atomic mass is 9.83. The van der Waals surface area contributed by atoms with Gasteiger partial charge in [0.1, 0.15) is 13.2 Å². The summed E-state index contributed by atoms with van der Waals surface area (Å²) in [6.45, 7) is 4.54. The lowest BCUT2D eigenvalue weighted by molar-refractivity contribution is -0.160. The Labute approximate surface area is 181 Å². The van der Waals surface area contributed by atoms with Crippen molar-refractivity contribution >= 4 is 17.6 Å². The molecule has 0 N–H and O–H groups in total. The molecule has 0 amide bonds. The number of carbonyl (C=O) groups is 2. The molecule has 0 saturated carbocycles. The number of hydrogen-bond donors (Lipinski definition) is 0. The number of hydroxylamine groups is 2. The molecular formula is C24H26NO6-. The molecule has 0 saturated heterocycles. The molecule has 0 spiro atoms. The van der Waals surface area contributed by atoms with E-state index in [4.69, 9.17) is 14.2 Å². The van der Waals surface area contributed by atoms with Gasteiger partial charge in [0.15, 0.2) is 12.4 Å². The summed E-state index contributed by atoms with van der Waals surface area (Å²) in [4.78, 5) is 24.2. The molecule has 0 aliphatic carbocycles. The topological polar surface area (TPSA) is 88.1 Å². The van der Waals surface area contributed by atoms with Gasteiger partial charge in [0.2, 0.25) is 0 Å². The van der Waals surface area contributed by atoms with Crippen LogP contribution in [-0.4, -0.2) is 36.3 Å². The Balaban J connectivity index is 1.83. The molecule has 7 heteroatoms. The minimum atomic E-state index is -1.15. The molecule has 3 rings (SSSR count). The third kappa shape index (κ3) is 5.24. The second-order valence-electron chi connectivity index (χ2n) is 7.85. The van der Waals surface area contributed by atoms with Gasteiger partial charge in [-0.25, -0.2) is 0 Å². The van der Waals surface area contributed by atoms with E-state index in [1.165, 1.54) is 6.92 Å². The van der Waals surface area contributed by atoms with Crippen molar-refractivity contribution in [3.63, 3.8) is 0 Å². The van der Waals surface area contributed by atoms with Crippen LogP contribution in [0.1, 0.15) is 31.9 Å². The highest BCUT2D eigenvalue weighted by Gasteiger charge is 2.43. The fourth-order valence-corrected chi connectivity index (χ4v) is 3.30. The van der Waals surface area contributed by atoms with Gasteiger partial charge in [-0.1, -0.05) is 60.7 Å². The largest absolute Gasteiger partial charge is 0.758 e. The summed E-state index contributed by atoms with van der Waals surface area (Å²) < 4.78 is 16.4. The van der Waals surface area contributed by atoms with E-state index >= 15 is 0 Å². The molecule has 0 aromatic heterocycles. The van der Waals surface area contributed by atoms with E-state index in [-0.39, 0.29) is 31.3 Å². The van der Waals surface area contributed by atoms with Crippen molar-refractivity contribution in [1.29, 1.82) is 0 Å². The van der Waals surface area contributed by atoms with Crippen LogP contribution in [0.2, 0.25) is 0 Å². The number of rotatable bonds is 7. The summed E-state index contributed by atoms with van der Waals surface area (Å²) >= 11 is 0. The average Bonchev–Trinajstić information content (AvgIpc) is 2.77. The maximum absolute atomic E-state index is 13.4. The Morgan fingerprint density at radius 3 is 2.26 bits per heavy atom. The first-order valence-electron chi connectivity index (χ1n) is 10.0. The Morgan fingerprint density at radius 2 is 1.65 bits per heavy atom. The monoisotopic (exact) mass is 424 g/mol. The van der Waals surface area contributed by atoms with E-state index in [0.717, 1.165) is 10.6 Å². The Hall–Kier alpha value is -3.32. The zero-order chi connectivity index (χ0) is 22.4. The molecule has 0 bridgehead atoms. The lowest BCUT2D eigenvalue weighted by Crippen LogP contribution is -2.51. The quantitative estimate of drug-likeness (QED) is 0.623. The maximum atomic E-state index is 13.4. The summed E-state index contributed by atoms with van der Waals surface area (Å²) in [5.74, 6) is -0.726. The van der Waals surface area contributed by atoms with Gasteiger partial charge >= 0.3 is 11.9 Å². The normalized spacial score (nSPS) is 16.5. The van der Waals surface area contributed by atoms with E-state index in [1.54, 1.807) is 38.1 Å². The van der Waals surface area contributed by atoms with Crippen LogP contribution in [0.5, 0.6) is 0 Å². The van der Waals surface area contributed by atoms with Crippen LogP contribution < -0.4 is 0 Å². The minimum Gasteiger partial charge on any atom is -0.758 e. The second-order valence-corrected chi connectivity index (χ2v) is 7.85. The molecule has 0 radical (unpaired) electrons. The Morgan fingerprint density at radius 1 is 1.03 bits per heavy atom. The zero-order valence-corrected chi connectivity index (χ0v) is 17.9. The number of hydrogen-bond acceptors (Lipinski definition) is 7. The van der Waals surface area contributed by atoms with Gasteiger partial charge in [-0.05, 0) is 19.4 Å². The van der Waals surface area contributed by atoms with Crippen LogP contribution >= 0.6 is 0 Å². The molecule has 1 atom stereocenters. The van der Waals surface area contributed by atoms with Gasteiger partial charge in [0, 0.05) is 12.5 Å². The molecule has 2 aromatic rings. The zero-order valence-electron chi connectivity index (χ0n) is 17.9. The Kier molecular flexibility index (Phi) is 6.97. The highest BCUT2D eigenvalue weighted by Crippen LogP contribution is 2.37. The number of esters is 2. The summed E-state index contributed by atoms with van der Waals surface area (Å²) in [6.07, 6.45) is 0. The van der Waals surface area contributed by atoms with Crippen molar-refractivity contribution in [2.24, 2.45) is 5.41 Å². The highest BCUT2D eigenvalue weighted by molar-refractivity contribution is 5.78. The highest BCUT2D eigenvalue weighted by atomic mass is 16.6. The molecule has 1 aliphatic heterocycles. The van der Waals surface area contributed by atoms with Crippen LogP contribution in [0.3, 0.4) is 0 Å². The van der Waals surface area contributed by atoms with Crippen LogP contribution in [0.15, 0.2) is 66.4 Å². The fraction of sp³-hybridized carbons (Fsp3) is 0.333. The molecule has 7 nitrogen and oxygen atoms in total. The first-order chi connectivity index (χ1) is 14.8. The minimum absolute atomic E-state index is 0.0378. The number of ether oxygens (including phenoxy) is 3. The van der Waals surface area contributed by atoms with E-state index < -0.39 is 23.4 Å². The van der Waals surface area contributed by atoms with Crippen molar-refractivity contribution in [1.82, 2.24) is 5.06 Å². The van der Waals surface area contributed by atoms with Gasteiger partial charge < -0.3 is 24.5 Å². The van der Waals surface area contributed by atoms with Crippen molar-refractivity contribution in [3.8, 4) is 0 Å². The third-order valence-corrected chi connectivity index (χ3v) is 5.21. The first kappa shape index (κ1) is 22.4. The van der Waals surface area contributed by atoms with E-state index in [0.29, 0.717) is 5.56 Å². The summed E-state index contributed by atoms with van der Waals surface area (Å²) in [6, 6.07) is 17.5. The number of benzene rings is 2. The molecule has 1 unspecified atom stereocenters. The molecule has 1 aliphatic rings. The van der Waals surface area contributed by atoms with E-state index in [1.807, 2.05) is 36.4 Å². The molecule has 164 valence electrons. The van der Waals surface area contributed by atoms with Gasteiger partial charge in [-0.15, -0.1) is 0 Å². The van der Waals surface area contributed by atoms with Gasteiger partial charge in [0.05, 0.1) is 17.2 Å². The van der Waals surface area contributed by atoms with Crippen LogP contribution in [0.25, 0.3) is 5.70 Å². The second kappa shape index (κ2) is 9.66. The SMILES string of the molecule is CC(=O)OCC1=C(c2ccccc2)N([O-])C(C(C)(C)C(=O)OCc2ccccc2)CO1. The van der Waals surface area contributed by atoms with Crippen LogP contribution in [0, 0.1) is 10.6 Å². The summed E-state index contributed by atoms with van der Waals surface area (Å²) in [7, 11) is 0. The van der Waals surface area contributed by atoms with Crippen LogP contribution in [-0.2, 0) is 30.4 Å². The standard InChI is InChI=1S/C24H26NO6/c1-17(26)29-15-20-22(19-12-8-5-9-13-19)25(28)21(16-30-20)24(2,3)23(27)31-14-18-10-6-4-7-11-18/h4-13,21H,14-16H2,1-3H3/q-1. The lowest BCUT2D eigenvalue weighted by Gasteiger charge is -2.50. The van der Waals surface area contributed by atoms with Crippen molar-refractivity contribution in [2.75, 3.05) is 13.2 Å². The summed E-state index contributed by atoms with van der Waals surface area (Å²) in [5.41, 5.74) is 0.558. The van der Waals surface area contributed by atoms with Gasteiger partial charge in [-0.3, -0.25) is 9.59 Å². The molecule has 2 aromatic carbocycles. The molecule has 1 heterocycles. The van der Waals surface area contributed by atoms with Crippen molar-refractivity contribution in [2.45, 2.75) is 33.4 Å². The van der Waals surface area contributed by atoms with Gasteiger partial charge in [-0.2, -0.15) is 0 Å². The smallest absolute Gasteiger partial charge is 0.314 e. The molecule has 31 heavy (non-hydrogen) atoms. The van der Waals surface area contributed by atoms with Crippen LogP contribution in [0.4, 0.5) is 0 Å². The molecular weight excluding hydrogens is 398 g/mol. The number of carbonyl (C=O) groups excluding carboxylic acids is 2. The number of nitrogens with zero attached hydrogens (tertiary/aromatic N) is 1. The maximum Gasteiger partial charge on any atom is 0.314 e. The van der Waals surface area contributed by atoms with E-state index in [9.17, 15) is 14.8 Å². The van der Waals surface area contributed by atoms with E-state index in [2.05, 4.69) is 0 Å². The van der Waals surface area contributed by atoms with Crippen molar-refractivity contribution in [3.05, 3.63) is 82.8 Å². The third-order valence-electron chi connectivity index (χ3n) is 5.21. The summed E-state index contributed by atoms with van der Waals surface area (Å²) in [5, 5.41) is 14.2. The predicted octanol–water partition coefficient (Wildman–Crippen LogP) is 3.89. The average molecular weight is 424 g/mol. The Bertz CT molecular complexity index is 939. The van der Waals surface area contributed by atoms with Gasteiger partial charge in [0.25, 0.3) is 0 Å². The van der Waals surface area contributed by atoms with Crippen molar-refractivity contribution < 1.29 is 23.8 Å². The fourth-order valence-electron chi connectivity index (χ4n) is 3.30.